The molecule has 2 nitrogen and oxygen atoms in total. The summed E-state index contributed by atoms with van der Waals surface area (Å²) in [6.45, 7) is 7.39. The van der Waals surface area contributed by atoms with Gasteiger partial charge in [-0.1, -0.05) is 32.9 Å². The average Bonchev–Trinajstić information content (AvgIpc) is 2.24. The molecule has 0 aromatic heterocycles. The summed E-state index contributed by atoms with van der Waals surface area (Å²) in [6, 6.07) is 0. The van der Waals surface area contributed by atoms with Gasteiger partial charge < -0.3 is 5.32 Å². The monoisotopic (exact) mass is 241 g/mol. The highest BCUT2D eigenvalue weighted by molar-refractivity contribution is 8.00. The van der Waals surface area contributed by atoms with E-state index in [4.69, 9.17) is 0 Å². The Hall–Kier alpha value is -0.440. The van der Waals surface area contributed by atoms with Crippen LogP contribution in [0.4, 0.5) is 0 Å². The van der Waals surface area contributed by atoms with Crippen LogP contribution in [0.1, 0.15) is 40.0 Å². The molecule has 0 aliphatic heterocycles. The zero-order valence-corrected chi connectivity index (χ0v) is 11.4. The van der Waals surface area contributed by atoms with E-state index >= 15 is 0 Å². The van der Waals surface area contributed by atoms with Gasteiger partial charge in [-0.2, -0.15) is 11.8 Å². The van der Waals surface area contributed by atoms with Crippen molar-refractivity contribution in [2.45, 2.75) is 44.8 Å². The Morgan fingerprint density at radius 3 is 2.75 bits per heavy atom. The summed E-state index contributed by atoms with van der Waals surface area (Å²) < 4.78 is 0.290. The highest BCUT2D eigenvalue weighted by Gasteiger charge is 2.18. The molecular formula is C13H23NOS. The number of nitrogens with one attached hydrogen (secondary N) is 1. The molecule has 0 aromatic rings. The van der Waals surface area contributed by atoms with Gasteiger partial charge in [0.25, 0.3) is 0 Å². The number of allylic oxidation sites excluding steroid dienone is 2. The topological polar surface area (TPSA) is 29.1 Å². The number of hydrogen-bond donors (Lipinski definition) is 1. The van der Waals surface area contributed by atoms with Crippen molar-refractivity contribution in [2.75, 3.05) is 12.3 Å². The highest BCUT2D eigenvalue weighted by atomic mass is 32.2. The molecule has 0 spiro atoms. The molecule has 1 rings (SSSR count). The van der Waals surface area contributed by atoms with Gasteiger partial charge in [0, 0.05) is 23.0 Å². The molecule has 3 heteroatoms. The second kappa shape index (κ2) is 6.33. The third-order valence-corrected chi connectivity index (χ3v) is 3.85. The Bertz CT molecular complexity index is 255. The summed E-state index contributed by atoms with van der Waals surface area (Å²) in [5.74, 6) is 1.45. The standard InChI is InChI=1S/C13H23NOS/c1-13(2,3)16-10-9-14-12(15)11-7-5-4-6-8-11/h4-5,11H,6-10H2,1-3H3,(H,14,15). The van der Waals surface area contributed by atoms with Gasteiger partial charge in [-0.05, 0) is 19.3 Å². The molecule has 0 saturated heterocycles. The molecule has 0 heterocycles. The fourth-order valence-electron chi connectivity index (χ4n) is 1.71. The zero-order chi connectivity index (χ0) is 12.0. The first-order valence-corrected chi connectivity index (χ1v) is 7.04. The largest absolute Gasteiger partial charge is 0.355 e. The molecule has 0 fully saturated rings. The lowest BCUT2D eigenvalue weighted by Crippen LogP contribution is -2.33. The molecule has 1 amide bonds. The lowest BCUT2D eigenvalue weighted by atomic mass is 9.94. The van der Waals surface area contributed by atoms with E-state index in [1.165, 1.54) is 0 Å². The van der Waals surface area contributed by atoms with Crippen molar-refractivity contribution in [1.29, 1.82) is 0 Å². The van der Waals surface area contributed by atoms with Gasteiger partial charge >= 0.3 is 0 Å². The van der Waals surface area contributed by atoms with Crippen LogP contribution >= 0.6 is 11.8 Å². The summed E-state index contributed by atoms with van der Waals surface area (Å²) >= 11 is 1.89. The van der Waals surface area contributed by atoms with Crippen molar-refractivity contribution in [1.82, 2.24) is 5.32 Å². The number of carbonyl (C=O) groups excluding carboxylic acids is 1. The van der Waals surface area contributed by atoms with Crippen molar-refractivity contribution in [3.8, 4) is 0 Å². The lowest BCUT2D eigenvalue weighted by Gasteiger charge is -2.19. The predicted molar refractivity (Wildman–Crippen MR) is 71.7 cm³/mol. The molecule has 0 aromatic carbocycles. The molecule has 92 valence electrons. The third kappa shape index (κ3) is 5.59. The highest BCUT2D eigenvalue weighted by Crippen LogP contribution is 2.22. The van der Waals surface area contributed by atoms with E-state index in [2.05, 4.69) is 38.2 Å². The summed E-state index contributed by atoms with van der Waals surface area (Å²) in [5.41, 5.74) is 0. The van der Waals surface area contributed by atoms with Gasteiger partial charge in [0.05, 0.1) is 0 Å². The van der Waals surface area contributed by atoms with Crippen LogP contribution in [-0.4, -0.2) is 23.0 Å². The van der Waals surface area contributed by atoms with Gasteiger partial charge in [0.1, 0.15) is 0 Å². The van der Waals surface area contributed by atoms with Crippen LogP contribution in [0.15, 0.2) is 12.2 Å². The molecule has 1 aliphatic carbocycles. The normalized spacial score (nSPS) is 20.8. The van der Waals surface area contributed by atoms with Gasteiger partial charge in [-0.3, -0.25) is 4.79 Å². The predicted octanol–water partition coefficient (Wildman–Crippen LogP) is 2.99. The lowest BCUT2D eigenvalue weighted by molar-refractivity contribution is -0.125. The maximum Gasteiger partial charge on any atom is 0.223 e. The summed E-state index contributed by atoms with van der Waals surface area (Å²) in [6.07, 6.45) is 7.26. The van der Waals surface area contributed by atoms with E-state index in [0.717, 1.165) is 31.6 Å². The number of carbonyl (C=O) groups is 1. The number of amides is 1. The van der Waals surface area contributed by atoms with E-state index in [-0.39, 0.29) is 16.6 Å². The Balaban J connectivity index is 2.13. The second-order valence-electron chi connectivity index (χ2n) is 5.23. The van der Waals surface area contributed by atoms with Crippen LogP contribution < -0.4 is 5.32 Å². The Morgan fingerprint density at radius 1 is 1.44 bits per heavy atom. The smallest absolute Gasteiger partial charge is 0.223 e. The van der Waals surface area contributed by atoms with Gasteiger partial charge in [0.2, 0.25) is 5.91 Å². The van der Waals surface area contributed by atoms with Crippen LogP contribution in [-0.2, 0) is 4.79 Å². The molecule has 1 atom stereocenters. The maximum atomic E-state index is 11.8. The fraction of sp³-hybridized carbons (Fsp3) is 0.769. The van der Waals surface area contributed by atoms with Crippen LogP contribution in [0.2, 0.25) is 0 Å². The first kappa shape index (κ1) is 13.6. The van der Waals surface area contributed by atoms with Crippen molar-refractivity contribution in [3.63, 3.8) is 0 Å². The average molecular weight is 241 g/mol. The molecule has 0 radical (unpaired) electrons. The van der Waals surface area contributed by atoms with Gasteiger partial charge in [-0.15, -0.1) is 0 Å². The quantitative estimate of drug-likeness (QED) is 0.605. The minimum Gasteiger partial charge on any atom is -0.355 e. The minimum absolute atomic E-state index is 0.213. The van der Waals surface area contributed by atoms with Crippen molar-refractivity contribution in [3.05, 3.63) is 12.2 Å². The Labute approximate surface area is 103 Å². The minimum atomic E-state index is 0.213. The second-order valence-corrected chi connectivity index (χ2v) is 7.15. The van der Waals surface area contributed by atoms with Crippen LogP contribution in [0.3, 0.4) is 0 Å². The molecular weight excluding hydrogens is 218 g/mol. The first-order chi connectivity index (χ1) is 7.49. The van der Waals surface area contributed by atoms with E-state index < -0.39 is 0 Å². The van der Waals surface area contributed by atoms with Crippen molar-refractivity contribution < 1.29 is 4.79 Å². The summed E-state index contributed by atoms with van der Waals surface area (Å²) in [5, 5.41) is 3.03. The van der Waals surface area contributed by atoms with Crippen LogP contribution in [0.5, 0.6) is 0 Å². The summed E-state index contributed by atoms with van der Waals surface area (Å²) in [7, 11) is 0. The molecule has 0 saturated carbocycles. The van der Waals surface area contributed by atoms with E-state index in [1.54, 1.807) is 0 Å². The molecule has 1 aliphatic rings. The number of thioether (sulfide) groups is 1. The van der Waals surface area contributed by atoms with E-state index in [9.17, 15) is 4.79 Å². The fourth-order valence-corrected chi connectivity index (χ4v) is 2.52. The van der Waals surface area contributed by atoms with Crippen LogP contribution in [0.25, 0.3) is 0 Å². The number of hydrogen-bond acceptors (Lipinski definition) is 2. The Morgan fingerprint density at radius 2 is 2.19 bits per heavy atom. The van der Waals surface area contributed by atoms with Crippen molar-refractivity contribution in [2.24, 2.45) is 5.92 Å². The summed E-state index contributed by atoms with van der Waals surface area (Å²) in [4.78, 5) is 11.8. The Kier molecular flexibility index (Phi) is 5.39. The van der Waals surface area contributed by atoms with Gasteiger partial charge in [-0.25, -0.2) is 0 Å². The first-order valence-electron chi connectivity index (χ1n) is 6.06. The van der Waals surface area contributed by atoms with Crippen LogP contribution in [0, 0.1) is 5.92 Å². The molecule has 16 heavy (non-hydrogen) atoms. The van der Waals surface area contributed by atoms with E-state index in [0.29, 0.717) is 0 Å². The van der Waals surface area contributed by atoms with Gasteiger partial charge in [0.15, 0.2) is 0 Å². The zero-order valence-electron chi connectivity index (χ0n) is 10.6. The van der Waals surface area contributed by atoms with Crippen molar-refractivity contribution >= 4 is 17.7 Å². The maximum absolute atomic E-state index is 11.8. The number of rotatable bonds is 4. The molecule has 1 N–H and O–H groups in total. The molecule has 0 bridgehead atoms. The van der Waals surface area contributed by atoms with E-state index in [1.807, 2.05) is 11.8 Å². The SMILES string of the molecule is CC(C)(C)SCCNC(=O)C1CC=CCC1. The third-order valence-electron chi connectivity index (χ3n) is 2.58. The molecule has 1 unspecified atom stereocenters.